The van der Waals surface area contributed by atoms with Crippen LogP contribution >= 0.6 is 0 Å². The number of hydrogen-bond donors (Lipinski definition) is 1. The molecule has 0 radical (unpaired) electrons. The zero-order valence-corrected chi connectivity index (χ0v) is 18.1. The van der Waals surface area contributed by atoms with Crippen molar-refractivity contribution in [2.75, 3.05) is 34.4 Å². The minimum Gasteiger partial charge on any atom is -0.497 e. The highest BCUT2D eigenvalue weighted by atomic mass is 16.5. The van der Waals surface area contributed by atoms with Gasteiger partial charge < -0.3 is 24.4 Å². The number of benzene rings is 1. The quantitative estimate of drug-likeness (QED) is 0.584. The van der Waals surface area contributed by atoms with Gasteiger partial charge in [-0.25, -0.2) is 0 Å². The Balaban J connectivity index is 1.99. The maximum atomic E-state index is 12.7. The Hall–Kier alpha value is -2.77. The van der Waals surface area contributed by atoms with E-state index in [1.54, 1.807) is 18.2 Å². The summed E-state index contributed by atoms with van der Waals surface area (Å²) >= 11 is 0. The lowest BCUT2D eigenvalue weighted by molar-refractivity contribution is -0.147. The molecule has 166 valence electrons. The molecule has 8 nitrogen and oxygen atoms in total. The lowest BCUT2D eigenvalue weighted by Crippen LogP contribution is -2.42. The highest BCUT2D eigenvalue weighted by Crippen LogP contribution is 2.26. The number of carbonyl (C=O) groups is 3. The van der Waals surface area contributed by atoms with Gasteiger partial charge in [0, 0.05) is 19.0 Å². The van der Waals surface area contributed by atoms with E-state index in [1.165, 1.54) is 32.7 Å². The van der Waals surface area contributed by atoms with Crippen molar-refractivity contribution in [3.05, 3.63) is 23.8 Å². The number of hydrogen-bond acceptors (Lipinski definition) is 6. The molecule has 0 aromatic heterocycles. The Labute approximate surface area is 177 Å². The number of amides is 2. The van der Waals surface area contributed by atoms with Gasteiger partial charge in [-0.05, 0) is 36.5 Å². The second-order valence-corrected chi connectivity index (χ2v) is 7.53. The Morgan fingerprint density at radius 1 is 1.00 bits per heavy atom. The van der Waals surface area contributed by atoms with E-state index in [4.69, 9.17) is 14.2 Å². The van der Waals surface area contributed by atoms with Crippen molar-refractivity contribution in [1.29, 1.82) is 0 Å². The molecule has 2 amide bonds. The SMILES string of the molecule is COC(=O)CN(Cc1cc(OC)cc(OC)c1)C(=O)CNC(=O)CC1CCCCC1. The van der Waals surface area contributed by atoms with Crippen LogP contribution in [0, 0.1) is 5.92 Å². The van der Waals surface area contributed by atoms with Crippen LogP contribution in [-0.2, 0) is 25.7 Å². The second-order valence-electron chi connectivity index (χ2n) is 7.53. The smallest absolute Gasteiger partial charge is 0.325 e. The maximum Gasteiger partial charge on any atom is 0.325 e. The fourth-order valence-electron chi connectivity index (χ4n) is 3.64. The Bertz CT molecular complexity index is 708. The molecular formula is C22H32N2O6. The number of nitrogens with one attached hydrogen (secondary N) is 1. The highest BCUT2D eigenvalue weighted by molar-refractivity contribution is 5.87. The summed E-state index contributed by atoms with van der Waals surface area (Å²) in [6.07, 6.45) is 6.12. The van der Waals surface area contributed by atoms with E-state index < -0.39 is 5.97 Å². The van der Waals surface area contributed by atoms with E-state index >= 15 is 0 Å². The molecule has 0 saturated heterocycles. The summed E-state index contributed by atoms with van der Waals surface area (Å²) in [5.41, 5.74) is 0.733. The van der Waals surface area contributed by atoms with Gasteiger partial charge in [0.05, 0.1) is 27.9 Å². The number of esters is 1. The molecule has 1 aromatic carbocycles. The lowest BCUT2D eigenvalue weighted by atomic mass is 9.87. The van der Waals surface area contributed by atoms with E-state index in [0.29, 0.717) is 23.8 Å². The van der Waals surface area contributed by atoms with Crippen LogP contribution in [-0.4, -0.2) is 57.1 Å². The largest absolute Gasteiger partial charge is 0.497 e. The standard InChI is InChI=1S/C22H32N2O6/c1-28-18-9-17(10-19(12-18)29-2)14-24(15-22(27)30-3)21(26)13-23-20(25)11-16-7-5-4-6-8-16/h9-10,12,16H,4-8,11,13-15H2,1-3H3,(H,23,25). The molecule has 1 aliphatic carbocycles. The summed E-state index contributed by atoms with van der Waals surface area (Å²) in [6, 6.07) is 5.25. The summed E-state index contributed by atoms with van der Waals surface area (Å²) in [7, 11) is 4.35. The molecule has 0 atom stereocenters. The van der Waals surface area contributed by atoms with E-state index in [2.05, 4.69) is 5.32 Å². The van der Waals surface area contributed by atoms with E-state index in [-0.39, 0.29) is 31.4 Å². The number of carbonyl (C=O) groups excluding carboxylic acids is 3. The maximum absolute atomic E-state index is 12.7. The van der Waals surface area contributed by atoms with Crippen LogP contribution in [0.4, 0.5) is 0 Å². The van der Waals surface area contributed by atoms with Gasteiger partial charge in [0.1, 0.15) is 18.0 Å². The van der Waals surface area contributed by atoms with Crippen molar-refractivity contribution in [3.8, 4) is 11.5 Å². The third-order valence-corrected chi connectivity index (χ3v) is 5.32. The molecule has 1 N–H and O–H groups in total. The summed E-state index contributed by atoms with van der Waals surface area (Å²) in [5.74, 6) is 0.526. The van der Waals surface area contributed by atoms with Gasteiger partial charge in [-0.1, -0.05) is 19.3 Å². The van der Waals surface area contributed by atoms with Gasteiger partial charge in [0.15, 0.2) is 0 Å². The number of nitrogens with zero attached hydrogens (tertiary/aromatic N) is 1. The van der Waals surface area contributed by atoms with Gasteiger partial charge in [-0.3, -0.25) is 14.4 Å². The monoisotopic (exact) mass is 420 g/mol. The molecule has 0 unspecified atom stereocenters. The molecule has 1 fully saturated rings. The lowest BCUT2D eigenvalue weighted by Gasteiger charge is -2.23. The van der Waals surface area contributed by atoms with Crippen LogP contribution < -0.4 is 14.8 Å². The Morgan fingerprint density at radius 3 is 2.20 bits per heavy atom. The molecule has 0 spiro atoms. The fraction of sp³-hybridized carbons (Fsp3) is 0.591. The van der Waals surface area contributed by atoms with Gasteiger partial charge in [0.2, 0.25) is 11.8 Å². The molecule has 8 heteroatoms. The molecular weight excluding hydrogens is 388 g/mol. The first-order chi connectivity index (χ1) is 14.4. The van der Waals surface area contributed by atoms with Crippen LogP contribution in [0.3, 0.4) is 0 Å². The van der Waals surface area contributed by atoms with Crippen molar-refractivity contribution in [3.63, 3.8) is 0 Å². The number of methoxy groups -OCH3 is 3. The first-order valence-corrected chi connectivity index (χ1v) is 10.3. The van der Waals surface area contributed by atoms with E-state index in [1.807, 2.05) is 0 Å². The average molecular weight is 421 g/mol. The van der Waals surface area contributed by atoms with Crippen LogP contribution in [0.5, 0.6) is 11.5 Å². The van der Waals surface area contributed by atoms with Crippen molar-refractivity contribution < 1.29 is 28.6 Å². The molecule has 2 rings (SSSR count). The van der Waals surface area contributed by atoms with Crippen molar-refractivity contribution in [2.45, 2.75) is 45.1 Å². The summed E-state index contributed by atoms with van der Waals surface area (Å²) < 4.78 is 15.2. The van der Waals surface area contributed by atoms with Gasteiger partial charge in [-0.15, -0.1) is 0 Å². The van der Waals surface area contributed by atoms with Crippen LogP contribution in [0.1, 0.15) is 44.1 Å². The fourth-order valence-corrected chi connectivity index (χ4v) is 3.64. The van der Waals surface area contributed by atoms with Crippen LogP contribution in [0.25, 0.3) is 0 Å². The molecule has 0 heterocycles. The van der Waals surface area contributed by atoms with Gasteiger partial charge >= 0.3 is 5.97 Å². The second kappa shape index (κ2) is 12.0. The minimum atomic E-state index is -0.535. The molecule has 1 aliphatic rings. The summed E-state index contributed by atoms with van der Waals surface area (Å²) in [5, 5.41) is 2.70. The summed E-state index contributed by atoms with van der Waals surface area (Å²) in [4.78, 5) is 38.1. The minimum absolute atomic E-state index is 0.128. The average Bonchev–Trinajstić information content (AvgIpc) is 2.77. The molecule has 0 aliphatic heterocycles. The summed E-state index contributed by atoms with van der Waals surface area (Å²) in [6.45, 7) is -0.225. The van der Waals surface area contributed by atoms with Gasteiger partial charge in [-0.2, -0.15) is 0 Å². The molecule has 30 heavy (non-hydrogen) atoms. The van der Waals surface area contributed by atoms with Crippen molar-refractivity contribution in [1.82, 2.24) is 10.2 Å². The zero-order chi connectivity index (χ0) is 21.9. The van der Waals surface area contributed by atoms with E-state index in [0.717, 1.165) is 31.2 Å². The Morgan fingerprint density at radius 2 is 1.63 bits per heavy atom. The normalized spacial score (nSPS) is 14.0. The van der Waals surface area contributed by atoms with Crippen LogP contribution in [0.15, 0.2) is 18.2 Å². The van der Waals surface area contributed by atoms with Crippen molar-refractivity contribution in [2.24, 2.45) is 5.92 Å². The first kappa shape index (κ1) is 23.5. The molecule has 0 bridgehead atoms. The van der Waals surface area contributed by atoms with Gasteiger partial charge in [0.25, 0.3) is 0 Å². The van der Waals surface area contributed by atoms with Crippen LogP contribution in [0.2, 0.25) is 0 Å². The predicted octanol–water partition coefficient (Wildman–Crippen LogP) is 2.29. The predicted molar refractivity (Wildman–Crippen MR) is 111 cm³/mol. The molecule has 1 saturated carbocycles. The first-order valence-electron chi connectivity index (χ1n) is 10.3. The highest BCUT2D eigenvalue weighted by Gasteiger charge is 2.21. The number of rotatable bonds is 10. The third-order valence-electron chi connectivity index (χ3n) is 5.32. The number of ether oxygens (including phenoxy) is 3. The van der Waals surface area contributed by atoms with Crippen molar-refractivity contribution >= 4 is 17.8 Å². The topological polar surface area (TPSA) is 94.2 Å². The zero-order valence-electron chi connectivity index (χ0n) is 18.1. The Kier molecular flexibility index (Phi) is 9.44. The van der Waals surface area contributed by atoms with E-state index in [9.17, 15) is 14.4 Å². The third kappa shape index (κ3) is 7.57. The molecule has 1 aromatic rings.